The highest BCUT2D eigenvalue weighted by Gasteiger charge is 2.22. The number of nitrogens with two attached hydrogens (primary N) is 1. The molecule has 1 fully saturated rings. The summed E-state index contributed by atoms with van der Waals surface area (Å²) in [6.45, 7) is 4.29. The summed E-state index contributed by atoms with van der Waals surface area (Å²) >= 11 is 0. The molecule has 1 unspecified atom stereocenters. The number of hydrogen-bond donors (Lipinski definition) is 1. The molecule has 0 radical (unpaired) electrons. The molecular formula is C22H28N2O2. The molecule has 2 aromatic rings. The van der Waals surface area contributed by atoms with Crippen LogP contribution < -0.4 is 5.73 Å². The van der Waals surface area contributed by atoms with Gasteiger partial charge < -0.3 is 15.4 Å². The highest BCUT2D eigenvalue weighted by molar-refractivity contribution is 5.79. The van der Waals surface area contributed by atoms with Crippen LogP contribution in [0.2, 0.25) is 0 Å². The van der Waals surface area contributed by atoms with Crippen LogP contribution in [0.25, 0.3) is 0 Å². The van der Waals surface area contributed by atoms with Gasteiger partial charge in [0.25, 0.3) is 0 Å². The van der Waals surface area contributed by atoms with Gasteiger partial charge in [-0.15, -0.1) is 0 Å². The summed E-state index contributed by atoms with van der Waals surface area (Å²) in [5, 5.41) is 0. The minimum absolute atomic E-state index is 0.150. The van der Waals surface area contributed by atoms with Crippen molar-refractivity contribution in [1.82, 2.24) is 4.90 Å². The van der Waals surface area contributed by atoms with E-state index in [1.807, 2.05) is 29.2 Å². The number of carbonyl (C=O) groups excluding carboxylic acids is 1. The fraction of sp³-hybridized carbons (Fsp3) is 0.409. The number of amides is 1. The Kier molecular flexibility index (Phi) is 6.29. The minimum atomic E-state index is 0.150. The second-order valence-corrected chi connectivity index (χ2v) is 7.13. The fourth-order valence-electron chi connectivity index (χ4n) is 3.29. The van der Waals surface area contributed by atoms with E-state index in [-0.39, 0.29) is 12.0 Å². The zero-order chi connectivity index (χ0) is 18.4. The number of nitrogen functional groups attached to an aromatic ring is 1. The standard InChI is InChI=1S/C22H28N2O2/c1-17-4-6-18(7-5-17)12-13-24(16-21-3-2-14-26-21)22(25)15-19-8-10-20(23)11-9-19/h4-11,21H,2-3,12-16,23H2,1H3. The largest absolute Gasteiger partial charge is 0.399 e. The van der Waals surface area contributed by atoms with Crippen molar-refractivity contribution in [2.75, 3.05) is 25.4 Å². The van der Waals surface area contributed by atoms with Crippen LogP contribution in [-0.4, -0.2) is 36.6 Å². The number of anilines is 1. The predicted octanol–water partition coefficient (Wildman–Crippen LogP) is 3.37. The van der Waals surface area contributed by atoms with Crippen LogP contribution in [0.5, 0.6) is 0 Å². The van der Waals surface area contributed by atoms with Crippen molar-refractivity contribution >= 4 is 11.6 Å². The molecule has 0 bridgehead atoms. The summed E-state index contributed by atoms with van der Waals surface area (Å²) < 4.78 is 5.76. The van der Waals surface area contributed by atoms with E-state index in [1.165, 1.54) is 11.1 Å². The third-order valence-electron chi connectivity index (χ3n) is 4.93. The summed E-state index contributed by atoms with van der Waals surface area (Å²) in [6, 6.07) is 16.1. The van der Waals surface area contributed by atoms with Gasteiger partial charge in [-0.05, 0) is 49.4 Å². The summed E-state index contributed by atoms with van der Waals surface area (Å²) in [5.74, 6) is 0.150. The lowest BCUT2D eigenvalue weighted by Gasteiger charge is -2.26. The zero-order valence-corrected chi connectivity index (χ0v) is 15.5. The van der Waals surface area contributed by atoms with E-state index in [9.17, 15) is 4.79 Å². The second kappa shape index (κ2) is 8.86. The monoisotopic (exact) mass is 352 g/mol. The van der Waals surface area contributed by atoms with Crippen molar-refractivity contribution in [3.8, 4) is 0 Å². The lowest BCUT2D eigenvalue weighted by molar-refractivity contribution is -0.132. The van der Waals surface area contributed by atoms with Crippen molar-refractivity contribution in [1.29, 1.82) is 0 Å². The SMILES string of the molecule is Cc1ccc(CCN(CC2CCCO2)C(=O)Cc2ccc(N)cc2)cc1. The first kappa shape index (κ1) is 18.5. The highest BCUT2D eigenvalue weighted by atomic mass is 16.5. The molecule has 3 rings (SSSR count). The van der Waals surface area contributed by atoms with Gasteiger partial charge in [0.15, 0.2) is 0 Å². The van der Waals surface area contributed by atoms with E-state index in [4.69, 9.17) is 10.5 Å². The number of nitrogens with zero attached hydrogens (tertiary/aromatic N) is 1. The molecule has 26 heavy (non-hydrogen) atoms. The van der Waals surface area contributed by atoms with E-state index in [1.54, 1.807) is 0 Å². The third-order valence-corrected chi connectivity index (χ3v) is 4.93. The zero-order valence-electron chi connectivity index (χ0n) is 15.5. The molecule has 1 atom stereocenters. The fourth-order valence-corrected chi connectivity index (χ4v) is 3.29. The molecule has 0 saturated carbocycles. The lowest BCUT2D eigenvalue weighted by atomic mass is 10.1. The van der Waals surface area contributed by atoms with Crippen LogP contribution in [0.15, 0.2) is 48.5 Å². The van der Waals surface area contributed by atoms with Gasteiger partial charge in [-0.25, -0.2) is 0 Å². The molecule has 138 valence electrons. The maximum atomic E-state index is 12.9. The highest BCUT2D eigenvalue weighted by Crippen LogP contribution is 2.16. The molecule has 0 aromatic heterocycles. The molecular weight excluding hydrogens is 324 g/mol. The average Bonchev–Trinajstić information content (AvgIpc) is 3.15. The van der Waals surface area contributed by atoms with E-state index < -0.39 is 0 Å². The Morgan fingerprint density at radius 2 is 1.81 bits per heavy atom. The smallest absolute Gasteiger partial charge is 0.227 e. The number of rotatable bonds is 7. The molecule has 0 aliphatic carbocycles. The molecule has 1 heterocycles. The predicted molar refractivity (Wildman–Crippen MR) is 105 cm³/mol. The molecule has 1 aliphatic heterocycles. The van der Waals surface area contributed by atoms with Crippen molar-refractivity contribution in [2.45, 2.75) is 38.7 Å². The van der Waals surface area contributed by atoms with Crippen LogP contribution in [0.1, 0.15) is 29.5 Å². The van der Waals surface area contributed by atoms with Gasteiger partial charge in [0, 0.05) is 25.4 Å². The molecule has 1 saturated heterocycles. The van der Waals surface area contributed by atoms with Gasteiger partial charge in [0.1, 0.15) is 0 Å². The van der Waals surface area contributed by atoms with Crippen molar-refractivity contribution in [3.63, 3.8) is 0 Å². The summed E-state index contributed by atoms with van der Waals surface area (Å²) in [7, 11) is 0. The number of aryl methyl sites for hydroxylation is 1. The summed E-state index contributed by atoms with van der Waals surface area (Å²) in [4.78, 5) is 14.9. The first-order valence-electron chi connectivity index (χ1n) is 9.39. The molecule has 2 N–H and O–H groups in total. The molecule has 2 aromatic carbocycles. The quantitative estimate of drug-likeness (QED) is 0.777. The van der Waals surface area contributed by atoms with E-state index in [0.717, 1.165) is 43.7 Å². The maximum Gasteiger partial charge on any atom is 0.227 e. The van der Waals surface area contributed by atoms with Gasteiger partial charge in [-0.3, -0.25) is 4.79 Å². The Balaban J connectivity index is 1.63. The topological polar surface area (TPSA) is 55.6 Å². The van der Waals surface area contributed by atoms with Crippen LogP contribution in [-0.2, 0) is 22.4 Å². The van der Waals surface area contributed by atoms with Gasteiger partial charge in [0.05, 0.1) is 12.5 Å². The van der Waals surface area contributed by atoms with E-state index in [2.05, 4.69) is 31.2 Å². The maximum absolute atomic E-state index is 12.9. The molecule has 4 nitrogen and oxygen atoms in total. The Bertz CT molecular complexity index is 704. The average molecular weight is 352 g/mol. The number of carbonyl (C=O) groups is 1. The van der Waals surface area contributed by atoms with Crippen LogP contribution in [0.3, 0.4) is 0 Å². The first-order chi connectivity index (χ1) is 12.6. The van der Waals surface area contributed by atoms with Gasteiger partial charge in [-0.2, -0.15) is 0 Å². The third kappa shape index (κ3) is 5.33. The Labute approximate surface area is 156 Å². The van der Waals surface area contributed by atoms with Crippen LogP contribution in [0.4, 0.5) is 5.69 Å². The van der Waals surface area contributed by atoms with Gasteiger partial charge in [0.2, 0.25) is 5.91 Å². The normalized spacial score (nSPS) is 16.6. The summed E-state index contributed by atoms with van der Waals surface area (Å²) in [5.41, 5.74) is 9.97. The van der Waals surface area contributed by atoms with Crippen molar-refractivity contribution in [3.05, 3.63) is 65.2 Å². The molecule has 0 spiro atoms. The van der Waals surface area contributed by atoms with Gasteiger partial charge >= 0.3 is 0 Å². The van der Waals surface area contributed by atoms with Crippen molar-refractivity contribution in [2.24, 2.45) is 0 Å². The minimum Gasteiger partial charge on any atom is -0.399 e. The number of hydrogen-bond acceptors (Lipinski definition) is 3. The lowest BCUT2D eigenvalue weighted by Crippen LogP contribution is -2.39. The Hall–Kier alpha value is -2.33. The molecule has 4 heteroatoms. The number of benzene rings is 2. The Morgan fingerprint density at radius 3 is 2.46 bits per heavy atom. The van der Waals surface area contributed by atoms with Crippen LogP contribution >= 0.6 is 0 Å². The van der Waals surface area contributed by atoms with Crippen LogP contribution in [0, 0.1) is 6.92 Å². The van der Waals surface area contributed by atoms with Crippen molar-refractivity contribution < 1.29 is 9.53 Å². The molecule has 1 aliphatic rings. The van der Waals surface area contributed by atoms with E-state index in [0.29, 0.717) is 13.0 Å². The first-order valence-corrected chi connectivity index (χ1v) is 9.39. The van der Waals surface area contributed by atoms with E-state index >= 15 is 0 Å². The number of ether oxygens (including phenoxy) is 1. The van der Waals surface area contributed by atoms with Gasteiger partial charge in [-0.1, -0.05) is 42.0 Å². The Morgan fingerprint density at radius 1 is 1.12 bits per heavy atom. The second-order valence-electron chi connectivity index (χ2n) is 7.13. The summed E-state index contributed by atoms with van der Waals surface area (Å²) in [6.07, 6.45) is 3.56. The molecule has 1 amide bonds.